The molecule has 0 bridgehead atoms. The van der Waals surface area contributed by atoms with Gasteiger partial charge in [-0.25, -0.2) is 4.68 Å². The molecular formula is C25H30N4O3S. The number of carbonyl (C=O) groups excluding carboxylic acids is 1. The highest BCUT2D eigenvalue weighted by Crippen LogP contribution is 2.42. The third-order valence-corrected chi connectivity index (χ3v) is 7.67. The molecule has 1 fully saturated rings. The van der Waals surface area contributed by atoms with Crippen LogP contribution in [0.1, 0.15) is 53.8 Å². The van der Waals surface area contributed by atoms with Crippen molar-refractivity contribution in [2.24, 2.45) is 0 Å². The van der Waals surface area contributed by atoms with Gasteiger partial charge in [-0.15, -0.1) is 11.3 Å². The van der Waals surface area contributed by atoms with Crippen LogP contribution in [0.3, 0.4) is 0 Å². The first-order valence-electron chi connectivity index (χ1n) is 11.5. The van der Waals surface area contributed by atoms with E-state index in [-0.39, 0.29) is 11.9 Å². The minimum Gasteiger partial charge on any atom is -0.493 e. The molecule has 2 aromatic heterocycles. The lowest BCUT2D eigenvalue weighted by atomic mass is 9.91. The molecule has 33 heavy (non-hydrogen) atoms. The Morgan fingerprint density at radius 1 is 1.18 bits per heavy atom. The highest BCUT2D eigenvalue weighted by Gasteiger charge is 2.32. The van der Waals surface area contributed by atoms with Crippen molar-refractivity contribution in [2.45, 2.75) is 44.2 Å². The van der Waals surface area contributed by atoms with E-state index in [1.165, 1.54) is 28.8 Å². The average molecular weight is 467 g/mol. The highest BCUT2D eigenvalue weighted by molar-refractivity contribution is 7.10. The Hall–Kier alpha value is -2.84. The molecule has 2 aliphatic rings. The second-order valence-electron chi connectivity index (χ2n) is 8.69. The Labute approximate surface area is 198 Å². The second kappa shape index (κ2) is 9.57. The normalized spacial score (nSPS) is 18.8. The number of rotatable bonds is 7. The monoisotopic (exact) mass is 466 g/mol. The van der Waals surface area contributed by atoms with E-state index in [0.717, 1.165) is 37.4 Å². The molecule has 8 heteroatoms. The van der Waals surface area contributed by atoms with Crippen LogP contribution < -0.4 is 14.8 Å². The van der Waals surface area contributed by atoms with E-state index in [0.29, 0.717) is 18.3 Å². The van der Waals surface area contributed by atoms with Gasteiger partial charge in [0.25, 0.3) is 0 Å². The predicted octanol–water partition coefficient (Wildman–Crippen LogP) is 4.66. The molecule has 5 rings (SSSR count). The van der Waals surface area contributed by atoms with Crippen molar-refractivity contribution >= 4 is 23.1 Å². The van der Waals surface area contributed by atoms with Crippen molar-refractivity contribution < 1.29 is 14.3 Å². The Morgan fingerprint density at radius 2 is 1.97 bits per heavy atom. The number of benzene rings is 1. The number of amides is 1. The van der Waals surface area contributed by atoms with E-state index >= 15 is 0 Å². The van der Waals surface area contributed by atoms with Crippen LogP contribution in [0.15, 0.2) is 41.9 Å². The molecule has 174 valence electrons. The quantitative estimate of drug-likeness (QED) is 0.548. The van der Waals surface area contributed by atoms with Gasteiger partial charge in [0, 0.05) is 17.5 Å². The lowest BCUT2D eigenvalue weighted by molar-refractivity contribution is -0.117. The first kappa shape index (κ1) is 22.0. The molecule has 1 aliphatic heterocycles. The Balaban J connectivity index is 1.39. The minimum absolute atomic E-state index is 0.000881. The largest absolute Gasteiger partial charge is 0.493 e. The van der Waals surface area contributed by atoms with E-state index in [9.17, 15) is 4.79 Å². The number of aromatic nitrogens is 2. The Bertz CT molecular complexity index is 1110. The molecule has 0 saturated heterocycles. The topological polar surface area (TPSA) is 68.6 Å². The molecule has 0 spiro atoms. The van der Waals surface area contributed by atoms with E-state index in [2.05, 4.69) is 45.0 Å². The molecule has 1 aromatic carbocycles. The number of methoxy groups -OCH3 is 2. The first-order chi connectivity index (χ1) is 16.2. The highest BCUT2D eigenvalue weighted by atomic mass is 32.1. The fourth-order valence-corrected chi connectivity index (χ4v) is 6.04. The third kappa shape index (κ3) is 4.37. The zero-order valence-electron chi connectivity index (χ0n) is 19.1. The van der Waals surface area contributed by atoms with Gasteiger partial charge in [-0.3, -0.25) is 9.69 Å². The standard InChI is InChI=1S/C25H30N4O3S/c1-31-20-14-17-10-12-28(25(22-8-5-13-33-22)19(17)15-21(20)32-2)16-24(30)27-23-9-11-26-29(23)18-6-3-4-7-18/h5,8-9,11,13-15,18,25H,3-4,6-7,10,12,16H2,1-2H3,(H,27,30). The zero-order chi connectivity index (χ0) is 22.8. The minimum atomic E-state index is -0.0137. The molecule has 1 atom stereocenters. The second-order valence-corrected chi connectivity index (χ2v) is 9.67. The maximum absolute atomic E-state index is 13.2. The zero-order valence-corrected chi connectivity index (χ0v) is 19.9. The van der Waals surface area contributed by atoms with E-state index in [4.69, 9.17) is 9.47 Å². The summed E-state index contributed by atoms with van der Waals surface area (Å²) < 4.78 is 13.1. The number of hydrogen-bond donors (Lipinski definition) is 1. The van der Waals surface area contributed by atoms with Crippen molar-refractivity contribution in [3.8, 4) is 11.5 Å². The Kier molecular flexibility index (Phi) is 6.37. The van der Waals surface area contributed by atoms with Gasteiger partial charge in [0.2, 0.25) is 5.91 Å². The molecule has 1 N–H and O–H groups in total. The number of nitrogens with zero attached hydrogens (tertiary/aromatic N) is 3. The molecule has 3 heterocycles. The molecule has 1 unspecified atom stereocenters. The fourth-order valence-electron chi connectivity index (χ4n) is 5.17. The number of fused-ring (bicyclic) bond motifs is 1. The van der Waals surface area contributed by atoms with Gasteiger partial charge in [0.05, 0.1) is 39.0 Å². The lowest BCUT2D eigenvalue weighted by Gasteiger charge is -2.37. The molecule has 1 amide bonds. The summed E-state index contributed by atoms with van der Waals surface area (Å²) in [6.07, 6.45) is 7.33. The molecule has 1 aliphatic carbocycles. The maximum atomic E-state index is 13.2. The summed E-state index contributed by atoms with van der Waals surface area (Å²) in [6.45, 7) is 1.10. The van der Waals surface area contributed by atoms with Crippen LogP contribution in [0.4, 0.5) is 5.82 Å². The van der Waals surface area contributed by atoms with Crippen molar-refractivity contribution in [1.82, 2.24) is 14.7 Å². The SMILES string of the molecule is COc1cc2c(cc1OC)C(c1cccs1)N(CC(=O)Nc1ccnn1C1CCCC1)CC2. The molecule has 0 radical (unpaired) electrons. The number of hydrogen-bond acceptors (Lipinski definition) is 6. The number of thiophene rings is 1. The molecule has 3 aromatic rings. The first-order valence-corrected chi connectivity index (χ1v) is 12.4. The third-order valence-electron chi connectivity index (χ3n) is 6.74. The van der Waals surface area contributed by atoms with E-state index in [1.54, 1.807) is 31.8 Å². The summed E-state index contributed by atoms with van der Waals surface area (Å²) in [6, 6.07) is 10.6. The summed E-state index contributed by atoms with van der Waals surface area (Å²) >= 11 is 1.71. The van der Waals surface area contributed by atoms with Gasteiger partial charge in [0.15, 0.2) is 11.5 Å². The lowest BCUT2D eigenvalue weighted by Crippen LogP contribution is -2.41. The van der Waals surface area contributed by atoms with Crippen molar-refractivity contribution in [2.75, 3.05) is 32.6 Å². The van der Waals surface area contributed by atoms with Crippen LogP contribution >= 0.6 is 11.3 Å². The van der Waals surface area contributed by atoms with Crippen LogP contribution in [0.5, 0.6) is 11.5 Å². The van der Waals surface area contributed by atoms with Crippen LogP contribution in [0.25, 0.3) is 0 Å². The van der Waals surface area contributed by atoms with Crippen LogP contribution in [-0.2, 0) is 11.2 Å². The average Bonchev–Trinajstić information content (AvgIpc) is 3.60. The van der Waals surface area contributed by atoms with Crippen LogP contribution in [0.2, 0.25) is 0 Å². The molecule has 1 saturated carbocycles. The number of nitrogens with one attached hydrogen (secondary N) is 1. The van der Waals surface area contributed by atoms with E-state index in [1.807, 2.05) is 10.7 Å². The summed E-state index contributed by atoms with van der Waals surface area (Å²) in [5.74, 6) is 2.24. The number of carbonyl (C=O) groups is 1. The van der Waals surface area contributed by atoms with Gasteiger partial charge >= 0.3 is 0 Å². The smallest absolute Gasteiger partial charge is 0.239 e. The fraction of sp³-hybridized carbons (Fsp3) is 0.440. The van der Waals surface area contributed by atoms with Gasteiger partial charge < -0.3 is 14.8 Å². The number of anilines is 1. The number of ether oxygens (including phenoxy) is 2. The van der Waals surface area contributed by atoms with Gasteiger partial charge in [-0.05, 0) is 54.0 Å². The maximum Gasteiger partial charge on any atom is 0.239 e. The van der Waals surface area contributed by atoms with Crippen LogP contribution in [-0.4, -0.2) is 47.9 Å². The molecular weight excluding hydrogens is 436 g/mol. The van der Waals surface area contributed by atoms with E-state index < -0.39 is 0 Å². The van der Waals surface area contributed by atoms with Gasteiger partial charge in [-0.1, -0.05) is 18.9 Å². The summed E-state index contributed by atoms with van der Waals surface area (Å²) in [4.78, 5) is 16.6. The van der Waals surface area contributed by atoms with Gasteiger partial charge in [-0.2, -0.15) is 5.10 Å². The summed E-state index contributed by atoms with van der Waals surface area (Å²) in [5.41, 5.74) is 2.41. The van der Waals surface area contributed by atoms with Crippen molar-refractivity contribution in [3.63, 3.8) is 0 Å². The molecule has 7 nitrogen and oxygen atoms in total. The van der Waals surface area contributed by atoms with Crippen LogP contribution in [0, 0.1) is 0 Å². The summed E-state index contributed by atoms with van der Waals surface area (Å²) in [7, 11) is 3.32. The summed E-state index contributed by atoms with van der Waals surface area (Å²) in [5, 5.41) is 9.69. The van der Waals surface area contributed by atoms with Crippen molar-refractivity contribution in [1.29, 1.82) is 0 Å². The van der Waals surface area contributed by atoms with Gasteiger partial charge in [0.1, 0.15) is 5.82 Å². The Morgan fingerprint density at radius 3 is 2.70 bits per heavy atom. The predicted molar refractivity (Wildman–Crippen MR) is 129 cm³/mol. The van der Waals surface area contributed by atoms with Crippen molar-refractivity contribution in [3.05, 3.63) is 57.9 Å².